The van der Waals surface area contributed by atoms with Crippen molar-refractivity contribution >= 4 is 16.9 Å². The standard InChI is InChI=1S/C18H15F3N4/c19-11-4-5-15-13(10-11)17(12-2-1-3-14(20)16(12)21)24-18(23-15)25-8-6-22-7-9-25/h1-5,10,22H,6-9H2. The summed E-state index contributed by atoms with van der Waals surface area (Å²) >= 11 is 0. The van der Waals surface area contributed by atoms with Gasteiger partial charge in [0.1, 0.15) is 5.82 Å². The van der Waals surface area contributed by atoms with Gasteiger partial charge in [0.05, 0.1) is 11.2 Å². The van der Waals surface area contributed by atoms with Gasteiger partial charge < -0.3 is 10.2 Å². The summed E-state index contributed by atoms with van der Waals surface area (Å²) in [5, 5.41) is 3.59. The Morgan fingerprint density at radius 2 is 1.76 bits per heavy atom. The van der Waals surface area contributed by atoms with Crippen molar-refractivity contribution in [1.29, 1.82) is 0 Å². The molecule has 128 valence electrons. The molecule has 0 saturated carbocycles. The number of aromatic nitrogens is 2. The predicted octanol–water partition coefficient (Wildman–Crippen LogP) is 3.12. The number of piperazine rings is 1. The lowest BCUT2D eigenvalue weighted by atomic mass is 10.1. The second-order valence-electron chi connectivity index (χ2n) is 5.87. The number of rotatable bonds is 2. The predicted molar refractivity (Wildman–Crippen MR) is 89.9 cm³/mol. The van der Waals surface area contributed by atoms with Gasteiger partial charge in [0.15, 0.2) is 11.6 Å². The fourth-order valence-electron chi connectivity index (χ4n) is 2.99. The molecule has 4 rings (SSSR count). The molecule has 7 heteroatoms. The Balaban J connectivity index is 1.96. The van der Waals surface area contributed by atoms with Crippen LogP contribution in [0.5, 0.6) is 0 Å². The number of nitrogens with one attached hydrogen (secondary N) is 1. The summed E-state index contributed by atoms with van der Waals surface area (Å²) in [6.45, 7) is 2.98. The molecule has 3 aromatic rings. The molecule has 1 saturated heterocycles. The highest BCUT2D eigenvalue weighted by Crippen LogP contribution is 2.31. The molecule has 1 aliphatic rings. The van der Waals surface area contributed by atoms with E-state index in [0.717, 1.165) is 19.2 Å². The molecule has 25 heavy (non-hydrogen) atoms. The van der Waals surface area contributed by atoms with E-state index in [1.54, 1.807) is 0 Å². The highest BCUT2D eigenvalue weighted by atomic mass is 19.2. The van der Waals surface area contributed by atoms with Crippen LogP contribution in [0.2, 0.25) is 0 Å². The van der Waals surface area contributed by atoms with E-state index in [1.807, 2.05) is 4.90 Å². The minimum absolute atomic E-state index is 0.00520. The number of hydrogen-bond donors (Lipinski definition) is 1. The maximum atomic E-state index is 14.3. The Labute approximate surface area is 142 Å². The van der Waals surface area contributed by atoms with Gasteiger partial charge in [0.2, 0.25) is 5.95 Å². The summed E-state index contributed by atoms with van der Waals surface area (Å²) in [4.78, 5) is 10.9. The number of hydrogen-bond acceptors (Lipinski definition) is 4. The van der Waals surface area contributed by atoms with Crippen LogP contribution in [0, 0.1) is 17.5 Å². The average Bonchev–Trinajstić information content (AvgIpc) is 2.64. The van der Waals surface area contributed by atoms with Crippen LogP contribution in [-0.4, -0.2) is 36.1 Å². The minimum Gasteiger partial charge on any atom is -0.338 e. The Bertz CT molecular complexity index is 939. The Morgan fingerprint density at radius 1 is 0.960 bits per heavy atom. The number of halogens is 3. The van der Waals surface area contributed by atoms with Gasteiger partial charge in [-0.05, 0) is 30.3 Å². The maximum Gasteiger partial charge on any atom is 0.226 e. The van der Waals surface area contributed by atoms with E-state index in [2.05, 4.69) is 15.3 Å². The van der Waals surface area contributed by atoms with Crippen molar-refractivity contribution in [2.75, 3.05) is 31.1 Å². The third-order valence-corrected chi connectivity index (χ3v) is 4.25. The first-order valence-corrected chi connectivity index (χ1v) is 8.01. The summed E-state index contributed by atoms with van der Waals surface area (Å²) in [5.41, 5.74) is 0.674. The molecule has 0 aliphatic carbocycles. The maximum absolute atomic E-state index is 14.3. The molecule has 1 aromatic heterocycles. The lowest BCUT2D eigenvalue weighted by molar-refractivity contribution is 0.511. The number of nitrogens with zero attached hydrogens (tertiary/aromatic N) is 3. The molecule has 0 spiro atoms. The van der Waals surface area contributed by atoms with Crippen molar-refractivity contribution in [1.82, 2.24) is 15.3 Å². The zero-order chi connectivity index (χ0) is 17.4. The van der Waals surface area contributed by atoms with Crippen LogP contribution in [-0.2, 0) is 0 Å². The summed E-state index contributed by atoms with van der Waals surface area (Å²) in [6.07, 6.45) is 0. The number of fused-ring (bicyclic) bond motifs is 1. The largest absolute Gasteiger partial charge is 0.338 e. The van der Waals surface area contributed by atoms with Gasteiger partial charge in [0.25, 0.3) is 0 Å². The summed E-state index contributed by atoms with van der Waals surface area (Å²) in [5.74, 6) is -2.02. The first-order chi connectivity index (χ1) is 12.1. The van der Waals surface area contributed by atoms with Gasteiger partial charge in [-0.3, -0.25) is 0 Å². The number of anilines is 1. The third-order valence-electron chi connectivity index (χ3n) is 4.25. The Morgan fingerprint density at radius 3 is 2.56 bits per heavy atom. The van der Waals surface area contributed by atoms with Crippen LogP contribution in [0.4, 0.5) is 19.1 Å². The van der Waals surface area contributed by atoms with Crippen molar-refractivity contribution in [3.05, 3.63) is 53.8 Å². The summed E-state index contributed by atoms with van der Waals surface area (Å²) < 4.78 is 41.8. The first kappa shape index (κ1) is 15.8. The first-order valence-electron chi connectivity index (χ1n) is 8.01. The molecule has 0 unspecified atom stereocenters. The molecule has 0 radical (unpaired) electrons. The van der Waals surface area contributed by atoms with Gasteiger partial charge in [-0.1, -0.05) is 6.07 Å². The summed E-state index contributed by atoms with van der Waals surface area (Å²) in [7, 11) is 0. The van der Waals surface area contributed by atoms with E-state index in [0.29, 0.717) is 29.9 Å². The molecule has 2 heterocycles. The highest BCUT2D eigenvalue weighted by molar-refractivity contribution is 5.93. The van der Waals surface area contributed by atoms with E-state index in [4.69, 9.17) is 0 Å². The van der Waals surface area contributed by atoms with Crippen LogP contribution < -0.4 is 10.2 Å². The molecule has 0 amide bonds. The van der Waals surface area contributed by atoms with E-state index in [1.165, 1.54) is 30.3 Å². The van der Waals surface area contributed by atoms with Gasteiger partial charge in [-0.2, -0.15) is 0 Å². The molecule has 0 atom stereocenters. The zero-order valence-electron chi connectivity index (χ0n) is 13.3. The Hall–Kier alpha value is -2.67. The van der Waals surface area contributed by atoms with Gasteiger partial charge in [-0.25, -0.2) is 23.1 Å². The minimum atomic E-state index is -1.00. The zero-order valence-corrected chi connectivity index (χ0v) is 13.3. The number of benzene rings is 2. The quantitative estimate of drug-likeness (QED) is 0.776. The molecule has 1 fully saturated rings. The topological polar surface area (TPSA) is 41.1 Å². The second-order valence-corrected chi connectivity index (χ2v) is 5.87. The van der Waals surface area contributed by atoms with Crippen molar-refractivity contribution in [3.63, 3.8) is 0 Å². The van der Waals surface area contributed by atoms with Crippen molar-refractivity contribution < 1.29 is 13.2 Å². The SMILES string of the molecule is Fc1ccc2nc(N3CCNCC3)nc(-c3cccc(F)c3F)c2c1. The second kappa shape index (κ2) is 6.33. The van der Waals surface area contributed by atoms with Crippen molar-refractivity contribution in [3.8, 4) is 11.3 Å². The molecule has 1 N–H and O–H groups in total. The molecule has 1 aliphatic heterocycles. The monoisotopic (exact) mass is 344 g/mol. The van der Waals surface area contributed by atoms with Crippen molar-refractivity contribution in [2.45, 2.75) is 0 Å². The van der Waals surface area contributed by atoms with Crippen LogP contribution in [0.25, 0.3) is 22.2 Å². The van der Waals surface area contributed by atoms with Gasteiger partial charge in [-0.15, -0.1) is 0 Å². The normalized spacial score (nSPS) is 14.9. The molecular formula is C18H15F3N4. The average molecular weight is 344 g/mol. The van der Waals surface area contributed by atoms with Gasteiger partial charge in [0, 0.05) is 37.1 Å². The molecule has 2 aromatic carbocycles. The lowest BCUT2D eigenvalue weighted by Crippen LogP contribution is -2.44. The lowest BCUT2D eigenvalue weighted by Gasteiger charge is -2.28. The van der Waals surface area contributed by atoms with Crippen LogP contribution in [0.1, 0.15) is 0 Å². The van der Waals surface area contributed by atoms with Crippen LogP contribution >= 0.6 is 0 Å². The molecular weight excluding hydrogens is 329 g/mol. The van der Waals surface area contributed by atoms with E-state index in [9.17, 15) is 13.2 Å². The van der Waals surface area contributed by atoms with E-state index < -0.39 is 17.5 Å². The highest BCUT2D eigenvalue weighted by Gasteiger charge is 2.20. The fraction of sp³-hybridized carbons (Fsp3) is 0.222. The van der Waals surface area contributed by atoms with E-state index in [-0.39, 0.29) is 11.3 Å². The summed E-state index contributed by atoms with van der Waals surface area (Å²) in [6, 6.07) is 7.95. The van der Waals surface area contributed by atoms with Crippen LogP contribution in [0.3, 0.4) is 0 Å². The molecule has 0 bridgehead atoms. The van der Waals surface area contributed by atoms with Crippen molar-refractivity contribution in [2.24, 2.45) is 0 Å². The third kappa shape index (κ3) is 2.91. The molecule has 4 nitrogen and oxygen atoms in total. The smallest absolute Gasteiger partial charge is 0.226 e. The van der Waals surface area contributed by atoms with Crippen LogP contribution in [0.15, 0.2) is 36.4 Å². The fourth-order valence-corrected chi connectivity index (χ4v) is 2.99. The van der Waals surface area contributed by atoms with E-state index >= 15 is 0 Å². The Kier molecular flexibility index (Phi) is 4.01. The van der Waals surface area contributed by atoms with Gasteiger partial charge >= 0.3 is 0 Å².